The number of H-pyrrole nitrogens is 1. The van der Waals surface area contributed by atoms with Crippen molar-refractivity contribution in [1.29, 1.82) is 5.26 Å². The molecule has 0 atom stereocenters. The predicted molar refractivity (Wildman–Crippen MR) is 94.9 cm³/mol. The summed E-state index contributed by atoms with van der Waals surface area (Å²) in [7, 11) is 0. The monoisotopic (exact) mass is 331 g/mol. The lowest BCUT2D eigenvalue weighted by molar-refractivity contribution is 0.102. The van der Waals surface area contributed by atoms with Crippen molar-refractivity contribution in [3.8, 4) is 17.3 Å². The number of nitrogens with zero attached hydrogens (tertiary/aromatic N) is 3. The van der Waals surface area contributed by atoms with Crippen LogP contribution in [0.5, 0.6) is 0 Å². The van der Waals surface area contributed by atoms with Gasteiger partial charge in [-0.3, -0.25) is 14.9 Å². The molecule has 0 fully saturated rings. The molecule has 0 bridgehead atoms. The van der Waals surface area contributed by atoms with Crippen molar-refractivity contribution >= 4 is 11.7 Å². The van der Waals surface area contributed by atoms with E-state index in [9.17, 15) is 4.79 Å². The lowest BCUT2D eigenvalue weighted by Crippen LogP contribution is -2.13. The maximum atomic E-state index is 12.5. The molecule has 2 heterocycles. The molecule has 0 spiro atoms. The molecule has 1 amide bonds. The Morgan fingerprint density at radius 3 is 2.80 bits per heavy atom. The molecule has 6 heteroatoms. The zero-order valence-corrected chi connectivity index (χ0v) is 13.8. The Morgan fingerprint density at radius 1 is 1.28 bits per heavy atom. The summed E-state index contributed by atoms with van der Waals surface area (Å²) in [4.78, 5) is 16.5. The van der Waals surface area contributed by atoms with E-state index in [1.165, 1.54) is 0 Å². The predicted octanol–water partition coefficient (Wildman–Crippen LogP) is 3.35. The zero-order valence-electron chi connectivity index (χ0n) is 13.8. The van der Waals surface area contributed by atoms with Crippen molar-refractivity contribution < 1.29 is 4.79 Å². The van der Waals surface area contributed by atoms with Crippen LogP contribution in [0.4, 0.5) is 5.82 Å². The van der Waals surface area contributed by atoms with Crippen molar-refractivity contribution in [1.82, 2.24) is 15.2 Å². The van der Waals surface area contributed by atoms with Crippen LogP contribution in [-0.2, 0) is 12.8 Å². The lowest BCUT2D eigenvalue weighted by atomic mass is 10.1. The third-order valence-electron chi connectivity index (χ3n) is 3.89. The number of aromatic nitrogens is 3. The Labute approximate surface area is 145 Å². The smallest absolute Gasteiger partial charge is 0.256 e. The Hall–Kier alpha value is -3.46. The SMILES string of the molecule is CCc1c(NC(=O)c2cccc(CC#N)c2)n[nH]c1-c1ccncc1. The summed E-state index contributed by atoms with van der Waals surface area (Å²) in [6.07, 6.45) is 4.43. The first-order chi connectivity index (χ1) is 12.2. The number of rotatable bonds is 5. The second-order valence-electron chi connectivity index (χ2n) is 5.50. The van der Waals surface area contributed by atoms with E-state index in [2.05, 4.69) is 26.6 Å². The minimum absolute atomic E-state index is 0.248. The summed E-state index contributed by atoms with van der Waals surface area (Å²) in [6, 6.07) is 12.9. The maximum absolute atomic E-state index is 12.5. The first-order valence-electron chi connectivity index (χ1n) is 7.97. The number of hydrogen-bond acceptors (Lipinski definition) is 4. The van der Waals surface area contributed by atoms with Crippen LogP contribution < -0.4 is 5.32 Å². The molecular weight excluding hydrogens is 314 g/mol. The largest absolute Gasteiger partial charge is 0.305 e. The molecular formula is C19H17N5O. The first kappa shape index (κ1) is 16.4. The highest BCUT2D eigenvalue weighted by Crippen LogP contribution is 2.27. The second-order valence-corrected chi connectivity index (χ2v) is 5.50. The molecule has 124 valence electrons. The van der Waals surface area contributed by atoms with Crippen LogP contribution in [0.15, 0.2) is 48.8 Å². The molecule has 0 aliphatic carbocycles. The molecule has 0 saturated heterocycles. The number of carbonyl (C=O) groups excluding carboxylic acids is 1. The molecule has 0 radical (unpaired) electrons. The quantitative estimate of drug-likeness (QED) is 0.749. The van der Waals surface area contributed by atoms with Crippen LogP contribution in [0.2, 0.25) is 0 Å². The van der Waals surface area contributed by atoms with Crippen molar-refractivity contribution in [3.05, 3.63) is 65.5 Å². The third-order valence-corrected chi connectivity index (χ3v) is 3.89. The Bertz CT molecular complexity index is 924. The average molecular weight is 331 g/mol. The Morgan fingerprint density at radius 2 is 2.08 bits per heavy atom. The van der Waals surface area contributed by atoms with E-state index in [1.807, 2.05) is 25.1 Å². The Kier molecular flexibility index (Phi) is 4.86. The number of nitriles is 1. The van der Waals surface area contributed by atoms with Gasteiger partial charge < -0.3 is 5.32 Å². The number of anilines is 1. The fourth-order valence-electron chi connectivity index (χ4n) is 2.66. The molecule has 3 aromatic rings. The molecule has 0 saturated carbocycles. The number of nitrogens with one attached hydrogen (secondary N) is 2. The summed E-state index contributed by atoms with van der Waals surface area (Å²) in [5.41, 5.74) is 4.09. The standard InChI is InChI=1S/C19H17N5O/c1-2-16-17(14-7-10-21-11-8-14)23-24-18(16)22-19(25)15-5-3-4-13(12-15)6-9-20/h3-5,7-8,10-12H,2,6H2,1H3,(H2,22,23,24,25). The van der Waals surface area contributed by atoms with Gasteiger partial charge >= 0.3 is 0 Å². The van der Waals surface area contributed by atoms with Crippen molar-refractivity contribution in [2.45, 2.75) is 19.8 Å². The Balaban J connectivity index is 1.86. The van der Waals surface area contributed by atoms with Crippen LogP contribution in [-0.4, -0.2) is 21.1 Å². The first-order valence-corrected chi connectivity index (χ1v) is 7.97. The van der Waals surface area contributed by atoms with Crippen LogP contribution in [0.3, 0.4) is 0 Å². The molecule has 0 aliphatic heterocycles. The van der Waals surface area contributed by atoms with E-state index in [4.69, 9.17) is 5.26 Å². The molecule has 6 nitrogen and oxygen atoms in total. The zero-order chi connectivity index (χ0) is 17.6. The van der Waals surface area contributed by atoms with Crippen molar-refractivity contribution in [2.75, 3.05) is 5.32 Å². The highest BCUT2D eigenvalue weighted by molar-refractivity contribution is 6.04. The minimum atomic E-state index is -0.248. The van der Waals surface area contributed by atoms with Gasteiger partial charge in [0.15, 0.2) is 5.82 Å². The van der Waals surface area contributed by atoms with E-state index < -0.39 is 0 Å². The highest BCUT2D eigenvalue weighted by atomic mass is 16.1. The maximum Gasteiger partial charge on any atom is 0.256 e. The van der Waals surface area contributed by atoms with E-state index in [-0.39, 0.29) is 12.3 Å². The van der Waals surface area contributed by atoms with Gasteiger partial charge in [-0.15, -0.1) is 0 Å². The van der Waals surface area contributed by atoms with Gasteiger partial charge in [0.1, 0.15) is 0 Å². The molecule has 2 aromatic heterocycles. The fourth-order valence-corrected chi connectivity index (χ4v) is 2.66. The highest BCUT2D eigenvalue weighted by Gasteiger charge is 2.16. The second kappa shape index (κ2) is 7.41. The number of benzene rings is 1. The summed E-state index contributed by atoms with van der Waals surface area (Å²) in [5, 5.41) is 18.9. The summed E-state index contributed by atoms with van der Waals surface area (Å²) < 4.78 is 0. The topological polar surface area (TPSA) is 94.5 Å². The number of hydrogen-bond donors (Lipinski definition) is 2. The molecule has 2 N–H and O–H groups in total. The van der Waals surface area contributed by atoms with Gasteiger partial charge in [-0.1, -0.05) is 19.1 Å². The molecule has 1 aromatic carbocycles. The van der Waals surface area contributed by atoms with E-state index in [0.717, 1.165) is 28.8 Å². The summed E-state index contributed by atoms with van der Waals surface area (Å²) >= 11 is 0. The number of carbonyl (C=O) groups is 1. The molecule has 0 aliphatic rings. The number of aromatic amines is 1. The van der Waals surface area contributed by atoms with Crippen molar-refractivity contribution in [3.63, 3.8) is 0 Å². The van der Waals surface area contributed by atoms with Gasteiger partial charge in [0, 0.05) is 29.1 Å². The molecule has 3 rings (SSSR count). The molecule has 25 heavy (non-hydrogen) atoms. The van der Waals surface area contributed by atoms with Crippen LogP contribution in [0.1, 0.15) is 28.4 Å². The van der Waals surface area contributed by atoms with Crippen molar-refractivity contribution in [2.24, 2.45) is 0 Å². The summed E-state index contributed by atoms with van der Waals surface area (Å²) in [5.74, 6) is 0.271. The van der Waals surface area contributed by atoms with Gasteiger partial charge in [0.2, 0.25) is 0 Å². The lowest BCUT2D eigenvalue weighted by Gasteiger charge is -2.06. The number of pyridine rings is 1. The van der Waals surface area contributed by atoms with E-state index in [1.54, 1.807) is 30.6 Å². The van der Waals surface area contributed by atoms with Gasteiger partial charge in [-0.05, 0) is 36.2 Å². The normalized spacial score (nSPS) is 10.2. The number of amides is 1. The van der Waals surface area contributed by atoms with E-state index in [0.29, 0.717) is 11.4 Å². The minimum Gasteiger partial charge on any atom is -0.305 e. The van der Waals surface area contributed by atoms with Gasteiger partial charge in [0.25, 0.3) is 5.91 Å². The van der Waals surface area contributed by atoms with Gasteiger partial charge in [0.05, 0.1) is 18.2 Å². The van der Waals surface area contributed by atoms with Crippen LogP contribution >= 0.6 is 0 Å². The molecule has 0 unspecified atom stereocenters. The van der Waals surface area contributed by atoms with E-state index >= 15 is 0 Å². The third kappa shape index (κ3) is 3.56. The van der Waals surface area contributed by atoms with Crippen LogP contribution in [0, 0.1) is 11.3 Å². The van der Waals surface area contributed by atoms with Crippen LogP contribution in [0.25, 0.3) is 11.3 Å². The van der Waals surface area contributed by atoms with Gasteiger partial charge in [-0.25, -0.2) is 0 Å². The summed E-state index contributed by atoms with van der Waals surface area (Å²) in [6.45, 7) is 2.01. The van der Waals surface area contributed by atoms with Gasteiger partial charge in [-0.2, -0.15) is 10.4 Å². The average Bonchev–Trinajstić information content (AvgIpc) is 3.05. The fraction of sp³-hybridized carbons (Fsp3) is 0.158.